The highest BCUT2D eigenvalue weighted by atomic mass is 35.5. The van der Waals surface area contributed by atoms with Crippen LogP contribution >= 0.6 is 11.6 Å². The van der Waals surface area contributed by atoms with Crippen molar-refractivity contribution >= 4 is 17.6 Å². The fourth-order valence-electron chi connectivity index (χ4n) is 1.89. The number of carbonyl (C=O) groups is 1. The van der Waals surface area contributed by atoms with E-state index in [4.69, 9.17) is 25.8 Å². The Labute approximate surface area is 124 Å². The molecule has 2 heterocycles. The highest BCUT2D eigenvalue weighted by Crippen LogP contribution is 2.38. The Hall–Kier alpha value is -2.47. The van der Waals surface area contributed by atoms with Gasteiger partial charge >= 0.3 is 5.97 Å². The van der Waals surface area contributed by atoms with Crippen molar-refractivity contribution in [3.8, 4) is 17.2 Å². The van der Waals surface area contributed by atoms with E-state index in [9.17, 15) is 9.90 Å². The van der Waals surface area contributed by atoms with E-state index in [1.54, 1.807) is 12.3 Å². The van der Waals surface area contributed by atoms with E-state index in [1.807, 2.05) is 0 Å². The molecule has 0 aliphatic carbocycles. The maximum Gasteiger partial charge on any atom is 0.339 e. The Morgan fingerprint density at radius 2 is 2.14 bits per heavy atom. The van der Waals surface area contributed by atoms with Crippen molar-refractivity contribution < 1.29 is 24.1 Å². The first-order valence-electron chi connectivity index (χ1n) is 6.03. The molecule has 0 fully saturated rings. The molecular weight excluding hydrogens is 298 g/mol. The van der Waals surface area contributed by atoms with Crippen LogP contribution in [0.5, 0.6) is 17.2 Å². The number of fused-ring (bicyclic) bond motifs is 1. The zero-order valence-corrected chi connectivity index (χ0v) is 11.5. The van der Waals surface area contributed by atoms with Crippen molar-refractivity contribution in [1.82, 2.24) is 4.98 Å². The van der Waals surface area contributed by atoms with Crippen molar-refractivity contribution in [2.24, 2.45) is 0 Å². The van der Waals surface area contributed by atoms with Gasteiger partial charge in [-0.1, -0.05) is 11.6 Å². The van der Waals surface area contributed by atoms with E-state index in [0.29, 0.717) is 22.1 Å². The number of aromatic nitrogens is 1. The molecule has 1 aromatic carbocycles. The van der Waals surface area contributed by atoms with Crippen LogP contribution in [0.3, 0.4) is 0 Å². The smallest absolute Gasteiger partial charge is 0.339 e. The molecule has 6 nitrogen and oxygen atoms in total. The molecule has 0 radical (unpaired) electrons. The van der Waals surface area contributed by atoms with Crippen LogP contribution in [0.4, 0.5) is 0 Å². The largest absolute Gasteiger partial charge is 0.488 e. The second-order valence-electron chi connectivity index (χ2n) is 4.26. The van der Waals surface area contributed by atoms with Crippen LogP contribution in [0.25, 0.3) is 0 Å². The van der Waals surface area contributed by atoms with Crippen molar-refractivity contribution in [1.29, 1.82) is 0 Å². The number of carboxylic acid groups (broad SMARTS) is 1. The molecule has 1 aromatic heterocycles. The van der Waals surface area contributed by atoms with Crippen molar-refractivity contribution in [2.45, 2.75) is 6.61 Å². The van der Waals surface area contributed by atoms with Crippen LogP contribution in [0.15, 0.2) is 30.6 Å². The summed E-state index contributed by atoms with van der Waals surface area (Å²) in [6, 6.07) is 4.59. The van der Waals surface area contributed by atoms with Crippen molar-refractivity contribution in [3.63, 3.8) is 0 Å². The van der Waals surface area contributed by atoms with E-state index in [0.717, 1.165) is 0 Å². The Kier molecular flexibility index (Phi) is 3.53. The normalized spacial score (nSPS) is 12.2. The highest BCUT2D eigenvalue weighted by molar-refractivity contribution is 6.31. The summed E-state index contributed by atoms with van der Waals surface area (Å²) in [7, 11) is 0. The van der Waals surface area contributed by atoms with Gasteiger partial charge in [0.15, 0.2) is 11.5 Å². The zero-order valence-electron chi connectivity index (χ0n) is 10.7. The van der Waals surface area contributed by atoms with E-state index in [1.165, 1.54) is 18.3 Å². The standard InChI is InChI=1S/C14H10ClNO5/c15-10-5-16-2-1-8(10)6-19-11-4-13-12(20-7-21-13)3-9(11)14(17)18/h1-5H,6-7H2,(H,17,18). The predicted molar refractivity (Wildman–Crippen MR) is 73.1 cm³/mol. The summed E-state index contributed by atoms with van der Waals surface area (Å²) < 4.78 is 15.9. The molecule has 108 valence electrons. The van der Waals surface area contributed by atoms with Gasteiger partial charge in [0.25, 0.3) is 0 Å². The molecule has 0 saturated carbocycles. The fourth-order valence-corrected chi connectivity index (χ4v) is 2.06. The van der Waals surface area contributed by atoms with E-state index >= 15 is 0 Å². The van der Waals surface area contributed by atoms with E-state index in [-0.39, 0.29) is 24.7 Å². The van der Waals surface area contributed by atoms with Gasteiger partial charge in [-0.05, 0) is 6.07 Å². The lowest BCUT2D eigenvalue weighted by atomic mass is 10.1. The van der Waals surface area contributed by atoms with Gasteiger partial charge in [-0.15, -0.1) is 0 Å². The molecule has 1 aliphatic heterocycles. The van der Waals surface area contributed by atoms with Crippen LogP contribution in [0, 0.1) is 0 Å². The Morgan fingerprint density at radius 3 is 2.86 bits per heavy atom. The summed E-state index contributed by atoms with van der Waals surface area (Å²) in [6.45, 7) is 0.190. The van der Waals surface area contributed by atoms with Crippen LogP contribution in [0.2, 0.25) is 5.02 Å². The average molecular weight is 308 g/mol. The van der Waals surface area contributed by atoms with E-state index < -0.39 is 5.97 Å². The number of ether oxygens (including phenoxy) is 3. The van der Waals surface area contributed by atoms with Gasteiger partial charge in [-0.3, -0.25) is 4.98 Å². The minimum Gasteiger partial charge on any atom is -0.488 e. The van der Waals surface area contributed by atoms with Gasteiger partial charge in [0, 0.05) is 30.1 Å². The highest BCUT2D eigenvalue weighted by Gasteiger charge is 2.21. The molecule has 1 aliphatic rings. The van der Waals surface area contributed by atoms with Crippen LogP contribution < -0.4 is 14.2 Å². The van der Waals surface area contributed by atoms with Gasteiger partial charge < -0.3 is 19.3 Å². The van der Waals surface area contributed by atoms with Gasteiger partial charge in [0.2, 0.25) is 6.79 Å². The fraction of sp³-hybridized carbons (Fsp3) is 0.143. The number of pyridine rings is 1. The molecule has 0 bridgehead atoms. The molecule has 0 spiro atoms. The SMILES string of the molecule is O=C(O)c1cc2c(cc1OCc1ccncc1Cl)OCO2. The maximum absolute atomic E-state index is 11.3. The first-order chi connectivity index (χ1) is 10.1. The third kappa shape index (κ3) is 2.71. The topological polar surface area (TPSA) is 77.9 Å². The monoisotopic (exact) mass is 307 g/mol. The summed E-state index contributed by atoms with van der Waals surface area (Å²) >= 11 is 5.98. The predicted octanol–water partition coefficient (Wildman–Crippen LogP) is 2.74. The molecular formula is C14H10ClNO5. The first kappa shape index (κ1) is 13.5. The van der Waals surface area contributed by atoms with Gasteiger partial charge in [0.05, 0.1) is 5.02 Å². The number of hydrogen-bond acceptors (Lipinski definition) is 5. The number of hydrogen-bond donors (Lipinski definition) is 1. The van der Waals surface area contributed by atoms with Gasteiger partial charge in [-0.2, -0.15) is 0 Å². The van der Waals surface area contributed by atoms with Crippen LogP contribution in [-0.4, -0.2) is 22.9 Å². The molecule has 21 heavy (non-hydrogen) atoms. The lowest BCUT2D eigenvalue weighted by molar-refractivity contribution is 0.0691. The number of rotatable bonds is 4. The van der Waals surface area contributed by atoms with Crippen LogP contribution in [-0.2, 0) is 6.61 Å². The van der Waals surface area contributed by atoms with Crippen molar-refractivity contribution in [2.75, 3.05) is 6.79 Å². The molecule has 0 saturated heterocycles. The zero-order chi connectivity index (χ0) is 14.8. The summed E-state index contributed by atoms with van der Waals surface area (Å²) in [5.74, 6) is -0.0683. The molecule has 2 aromatic rings. The summed E-state index contributed by atoms with van der Waals surface area (Å²) in [5.41, 5.74) is 0.713. The molecule has 0 atom stereocenters. The quantitative estimate of drug-likeness (QED) is 0.935. The first-order valence-corrected chi connectivity index (χ1v) is 6.41. The summed E-state index contributed by atoms with van der Waals surface area (Å²) in [4.78, 5) is 15.2. The maximum atomic E-state index is 11.3. The van der Waals surface area contributed by atoms with E-state index in [2.05, 4.69) is 4.98 Å². The second kappa shape index (κ2) is 5.49. The number of aromatic carboxylic acids is 1. The minimum absolute atomic E-state index is 0.00410. The minimum atomic E-state index is -1.11. The number of halogens is 1. The molecule has 7 heteroatoms. The average Bonchev–Trinajstić information content (AvgIpc) is 2.92. The van der Waals surface area contributed by atoms with Gasteiger partial charge in [-0.25, -0.2) is 4.79 Å². The number of carboxylic acids is 1. The molecule has 0 unspecified atom stereocenters. The summed E-state index contributed by atoms with van der Waals surface area (Å²) in [5, 5.41) is 9.69. The van der Waals surface area contributed by atoms with Crippen LogP contribution in [0.1, 0.15) is 15.9 Å². The Bertz CT molecular complexity index is 704. The lowest BCUT2D eigenvalue weighted by Gasteiger charge is -2.11. The third-order valence-corrected chi connectivity index (χ3v) is 3.29. The molecule has 1 N–H and O–H groups in total. The Balaban J connectivity index is 1.88. The molecule has 0 amide bonds. The number of nitrogens with zero attached hydrogens (tertiary/aromatic N) is 1. The van der Waals surface area contributed by atoms with Crippen molar-refractivity contribution in [3.05, 3.63) is 46.7 Å². The third-order valence-electron chi connectivity index (χ3n) is 2.94. The van der Waals surface area contributed by atoms with Gasteiger partial charge in [0.1, 0.15) is 17.9 Å². The second-order valence-corrected chi connectivity index (χ2v) is 4.67. The Morgan fingerprint density at radius 1 is 1.38 bits per heavy atom. The molecule has 3 rings (SSSR count). The lowest BCUT2D eigenvalue weighted by Crippen LogP contribution is -2.04. The summed E-state index contributed by atoms with van der Waals surface area (Å²) in [6.07, 6.45) is 3.08. The number of benzene rings is 1.